The first-order valence-corrected chi connectivity index (χ1v) is 7.09. The van der Waals surface area contributed by atoms with E-state index in [0.717, 1.165) is 0 Å². The Bertz CT molecular complexity index is 735. The molecule has 0 radical (unpaired) electrons. The summed E-state index contributed by atoms with van der Waals surface area (Å²) in [4.78, 5) is 25.5. The van der Waals surface area contributed by atoms with Crippen LogP contribution in [0.2, 0.25) is 0 Å². The smallest absolute Gasteiger partial charge is 0.313 e. The Morgan fingerprint density at radius 2 is 2.14 bits per heavy atom. The number of carbonyl (C=O) groups is 1. The first-order chi connectivity index (χ1) is 10.4. The number of aryl methyl sites for hydroxylation is 3. The monoisotopic (exact) mass is 306 g/mol. The van der Waals surface area contributed by atoms with E-state index in [1.165, 1.54) is 26.5 Å². The van der Waals surface area contributed by atoms with E-state index in [1.807, 2.05) is 6.92 Å². The summed E-state index contributed by atoms with van der Waals surface area (Å²) in [7, 11) is 1.60. The molecule has 22 heavy (non-hydrogen) atoms. The fourth-order valence-electron chi connectivity index (χ4n) is 2.16. The standard InChI is InChI=1S/C15H19FN4O2/c1-4-19(12-6-5-11(2)13(16)9-12)14(21)7-8-20-15(22)18(3)10-17-20/h5-6,9-10H,4,7-8H2,1-3H3. The minimum atomic E-state index is -0.343. The van der Waals surface area contributed by atoms with Gasteiger partial charge in [0.15, 0.2) is 0 Å². The first-order valence-electron chi connectivity index (χ1n) is 7.09. The van der Waals surface area contributed by atoms with Crippen LogP contribution in [0.1, 0.15) is 18.9 Å². The second-order valence-corrected chi connectivity index (χ2v) is 5.07. The largest absolute Gasteiger partial charge is 0.345 e. The summed E-state index contributed by atoms with van der Waals surface area (Å²) in [6.45, 7) is 4.12. The quantitative estimate of drug-likeness (QED) is 0.840. The molecule has 0 saturated heterocycles. The van der Waals surface area contributed by atoms with Crippen molar-refractivity contribution in [1.82, 2.24) is 14.3 Å². The van der Waals surface area contributed by atoms with Crippen molar-refractivity contribution < 1.29 is 9.18 Å². The van der Waals surface area contributed by atoms with Crippen LogP contribution in [0.25, 0.3) is 0 Å². The topological polar surface area (TPSA) is 60.1 Å². The maximum atomic E-state index is 13.6. The molecule has 1 aromatic heterocycles. The Kier molecular flexibility index (Phi) is 4.75. The Labute approximate surface area is 127 Å². The molecule has 0 aliphatic rings. The van der Waals surface area contributed by atoms with Crippen LogP contribution in [0.15, 0.2) is 29.3 Å². The number of aromatic nitrogens is 3. The molecule has 0 aliphatic carbocycles. The molecule has 0 bridgehead atoms. The van der Waals surface area contributed by atoms with Crippen LogP contribution in [-0.2, 0) is 18.4 Å². The van der Waals surface area contributed by atoms with Crippen molar-refractivity contribution in [2.75, 3.05) is 11.4 Å². The lowest BCUT2D eigenvalue weighted by molar-refractivity contribution is -0.118. The molecule has 0 unspecified atom stereocenters. The lowest BCUT2D eigenvalue weighted by Gasteiger charge is -2.21. The van der Waals surface area contributed by atoms with E-state index in [9.17, 15) is 14.0 Å². The number of hydrogen-bond donors (Lipinski definition) is 0. The van der Waals surface area contributed by atoms with Crippen LogP contribution in [0.3, 0.4) is 0 Å². The average Bonchev–Trinajstić information content (AvgIpc) is 2.81. The summed E-state index contributed by atoms with van der Waals surface area (Å²) in [6.07, 6.45) is 1.53. The Balaban J connectivity index is 2.10. The van der Waals surface area contributed by atoms with E-state index in [-0.39, 0.29) is 30.4 Å². The van der Waals surface area contributed by atoms with Gasteiger partial charge in [0.2, 0.25) is 5.91 Å². The number of anilines is 1. The van der Waals surface area contributed by atoms with Crippen molar-refractivity contribution in [2.24, 2.45) is 7.05 Å². The molecule has 1 heterocycles. The molecule has 7 heteroatoms. The van der Waals surface area contributed by atoms with Gasteiger partial charge in [-0.05, 0) is 31.5 Å². The SMILES string of the molecule is CCN(C(=O)CCn1ncn(C)c1=O)c1ccc(C)c(F)c1. The highest BCUT2D eigenvalue weighted by Gasteiger charge is 2.16. The van der Waals surface area contributed by atoms with Crippen molar-refractivity contribution >= 4 is 11.6 Å². The van der Waals surface area contributed by atoms with Gasteiger partial charge in [-0.2, -0.15) is 5.10 Å². The van der Waals surface area contributed by atoms with Crippen molar-refractivity contribution in [3.05, 3.63) is 46.4 Å². The van der Waals surface area contributed by atoms with Crippen molar-refractivity contribution in [3.63, 3.8) is 0 Å². The second kappa shape index (κ2) is 6.55. The predicted molar refractivity (Wildman–Crippen MR) is 81.2 cm³/mol. The maximum absolute atomic E-state index is 13.6. The lowest BCUT2D eigenvalue weighted by Crippen LogP contribution is -2.33. The number of benzene rings is 1. The number of rotatable bonds is 5. The minimum absolute atomic E-state index is 0.125. The molecule has 0 fully saturated rings. The second-order valence-electron chi connectivity index (χ2n) is 5.07. The zero-order valence-corrected chi connectivity index (χ0v) is 12.9. The van der Waals surface area contributed by atoms with E-state index in [2.05, 4.69) is 5.10 Å². The molecule has 2 rings (SSSR count). The van der Waals surface area contributed by atoms with E-state index >= 15 is 0 Å². The van der Waals surface area contributed by atoms with Crippen LogP contribution in [-0.4, -0.2) is 26.8 Å². The van der Waals surface area contributed by atoms with Gasteiger partial charge in [0.1, 0.15) is 12.1 Å². The summed E-state index contributed by atoms with van der Waals surface area (Å²) >= 11 is 0. The van der Waals surface area contributed by atoms with Crippen LogP contribution >= 0.6 is 0 Å². The highest BCUT2D eigenvalue weighted by molar-refractivity contribution is 5.93. The minimum Gasteiger partial charge on any atom is -0.313 e. The Morgan fingerprint density at radius 3 is 2.68 bits per heavy atom. The van der Waals surface area contributed by atoms with Crippen LogP contribution in [0.4, 0.5) is 10.1 Å². The third kappa shape index (κ3) is 3.24. The third-order valence-corrected chi connectivity index (χ3v) is 3.51. The molecule has 118 valence electrons. The van der Waals surface area contributed by atoms with Crippen LogP contribution in [0.5, 0.6) is 0 Å². The summed E-state index contributed by atoms with van der Waals surface area (Å²) < 4.78 is 16.2. The molecular weight excluding hydrogens is 287 g/mol. The van der Waals surface area contributed by atoms with Gasteiger partial charge < -0.3 is 4.90 Å². The first kappa shape index (κ1) is 15.9. The zero-order chi connectivity index (χ0) is 16.3. The number of amides is 1. The molecule has 6 nitrogen and oxygen atoms in total. The molecular formula is C15H19FN4O2. The zero-order valence-electron chi connectivity index (χ0n) is 12.9. The molecule has 0 N–H and O–H groups in total. The molecule has 2 aromatic rings. The highest BCUT2D eigenvalue weighted by atomic mass is 19.1. The number of carbonyl (C=O) groups excluding carboxylic acids is 1. The maximum Gasteiger partial charge on any atom is 0.345 e. The number of hydrogen-bond acceptors (Lipinski definition) is 3. The van der Waals surface area contributed by atoms with Gasteiger partial charge in [0, 0.05) is 25.7 Å². The molecule has 0 spiro atoms. The molecule has 0 atom stereocenters. The highest BCUT2D eigenvalue weighted by Crippen LogP contribution is 2.19. The van der Waals surface area contributed by atoms with E-state index in [1.54, 1.807) is 26.1 Å². The fraction of sp³-hybridized carbons (Fsp3) is 0.400. The molecule has 1 aromatic carbocycles. The summed E-state index contributed by atoms with van der Waals surface area (Å²) in [5, 5.41) is 3.91. The normalized spacial score (nSPS) is 10.7. The summed E-state index contributed by atoms with van der Waals surface area (Å²) in [5.74, 6) is -0.520. The molecule has 1 amide bonds. The van der Waals surface area contributed by atoms with E-state index in [4.69, 9.17) is 0 Å². The van der Waals surface area contributed by atoms with Crippen LogP contribution < -0.4 is 10.6 Å². The van der Waals surface area contributed by atoms with Gasteiger partial charge in [-0.3, -0.25) is 9.36 Å². The number of halogens is 1. The summed E-state index contributed by atoms with van der Waals surface area (Å²) in [6, 6.07) is 4.71. The van der Waals surface area contributed by atoms with Crippen molar-refractivity contribution in [2.45, 2.75) is 26.8 Å². The third-order valence-electron chi connectivity index (χ3n) is 3.51. The molecule has 0 saturated carbocycles. The van der Waals surface area contributed by atoms with Crippen LogP contribution in [0, 0.1) is 12.7 Å². The number of nitrogens with zero attached hydrogens (tertiary/aromatic N) is 4. The predicted octanol–water partition coefficient (Wildman–Crippen LogP) is 1.47. The van der Waals surface area contributed by atoms with Crippen molar-refractivity contribution in [1.29, 1.82) is 0 Å². The van der Waals surface area contributed by atoms with E-state index in [0.29, 0.717) is 17.8 Å². The average molecular weight is 306 g/mol. The van der Waals surface area contributed by atoms with Gasteiger partial charge in [-0.15, -0.1) is 0 Å². The fourth-order valence-corrected chi connectivity index (χ4v) is 2.16. The van der Waals surface area contributed by atoms with Gasteiger partial charge >= 0.3 is 5.69 Å². The van der Waals surface area contributed by atoms with Gasteiger partial charge in [0.25, 0.3) is 0 Å². The van der Waals surface area contributed by atoms with Gasteiger partial charge in [-0.25, -0.2) is 13.9 Å². The van der Waals surface area contributed by atoms with Gasteiger partial charge in [0.05, 0.1) is 6.54 Å². The van der Waals surface area contributed by atoms with E-state index < -0.39 is 0 Å². The summed E-state index contributed by atoms with van der Waals surface area (Å²) in [5.41, 5.74) is 0.786. The van der Waals surface area contributed by atoms with Gasteiger partial charge in [-0.1, -0.05) is 6.07 Å². The molecule has 0 aliphatic heterocycles. The Morgan fingerprint density at radius 1 is 1.41 bits per heavy atom. The van der Waals surface area contributed by atoms with Crippen molar-refractivity contribution in [3.8, 4) is 0 Å². The Hall–Kier alpha value is -2.44. The lowest BCUT2D eigenvalue weighted by atomic mass is 10.2.